The minimum absolute atomic E-state index is 0.0911. The monoisotopic (exact) mass is 277 g/mol. The molecule has 1 unspecified atom stereocenters. The van der Waals surface area contributed by atoms with Crippen molar-refractivity contribution in [2.24, 2.45) is 0 Å². The Labute approximate surface area is 120 Å². The van der Waals surface area contributed by atoms with E-state index in [-0.39, 0.29) is 11.8 Å². The molecule has 5 heteroatoms. The van der Waals surface area contributed by atoms with Crippen LogP contribution in [0.15, 0.2) is 30.3 Å². The van der Waals surface area contributed by atoms with Gasteiger partial charge in [-0.2, -0.15) is 0 Å². The van der Waals surface area contributed by atoms with Crippen molar-refractivity contribution in [3.05, 3.63) is 35.9 Å². The molecule has 0 aliphatic rings. The van der Waals surface area contributed by atoms with Crippen LogP contribution in [-0.2, 0) is 16.0 Å². The van der Waals surface area contributed by atoms with Crippen LogP contribution < -0.4 is 10.6 Å². The molecule has 1 atom stereocenters. The molecule has 2 amide bonds. The molecule has 0 heterocycles. The number of rotatable bonds is 7. The van der Waals surface area contributed by atoms with Gasteiger partial charge in [0.25, 0.3) is 0 Å². The predicted octanol–water partition coefficient (Wildman–Crippen LogP) is 0.412. The number of amides is 2. The lowest BCUT2D eigenvalue weighted by molar-refractivity contribution is -0.134. The highest BCUT2D eigenvalue weighted by atomic mass is 16.2. The molecule has 20 heavy (non-hydrogen) atoms. The fourth-order valence-electron chi connectivity index (χ4n) is 1.87. The smallest absolute Gasteiger partial charge is 0.244 e. The maximum Gasteiger partial charge on any atom is 0.244 e. The number of carbonyl (C=O) groups is 2. The fraction of sp³-hybridized carbons (Fsp3) is 0.467. The Hall–Kier alpha value is -1.88. The molecule has 0 bridgehead atoms. The maximum absolute atomic E-state index is 12.2. The second kappa shape index (κ2) is 8.32. The van der Waals surface area contributed by atoms with E-state index in [0.29, 0.717) is 19.4 Å². The van der Waals surface area contributed by atoms with E-state index in [1.807, 2.05) is 30.3 Å². The third-order valence-electron chi connectivity index (χ3n) is 2.96. The Morgan fingerprint density at radius 2 is 1.85 bits per heavy atom. The van der Waals surface area contributed by atoms with Crippen molar-refractivity contribution in [3.8, 4) is 0 Å². The van der Waals surface area contributed by atoms with Gasteiger partial charge in [0.2, 0.25) is 11.8 Å². The summed E-state index contributed by atoms with van der Waals surface area (Å²) in [5.74, 6) is -0.206. The van der Waals surface area contributed by atoms with E-state index in [1.165, 1.54) is 4.90 Å². The number of likely N-dealkylation sites (N-methyl/N-ethyl adjacent to an activating group) is 1. The first-order valence-corrected chi connectivity index (χ1v) is 6.73. The van der Waals surface area contributed by atoms with Crippen LogP contribution in [-0.4, -0.2) is 50.4 Å². The summed E-state index contributed by atoms with van der Waals surface area (Å²) < 4.78 is 0. The van der Waals surface area contributed by atoms with Gasteiger partial charge in [-0.3, -0.25) is 9.59 Å². The quantitative estimate of drug-likeness (QED) is 0.759. The van der Waals surface area contributed by atoms with Crippen LogP contribution in [0.25, 0.3) is 0 Å². The molecule has 0 spiro atoms. The zero-order valence-corrected chi connectivity index (χ0v) is 12.3. The second-order valence-corrected chi connectivity index (χ2v) is 4.90. The van der Waals surface area contributed by atoms with Gasteiger partial charge in [-0.1, -0.05) is 30.3 Å². The van der Waals surface area contributed by atoms with Crippen LogP contribution in [0.1, 0.15) is 12.0 Å². The number of nitrogens with zero attached hydrogens (tertiary/aromatic N) is 1. The molecule has 0 aliphatic heterocycles. The Bertz CT molecular complexity index is 432. The summed E-state index contributed by atoms with van der Waals surface area (Å²) in [6.07, 6.45) is 0.867. The first-order valence-electron chi connectivity index (χ1n) is 6.73. The molecule has 110 valence electrons. The number of hydrogen-bond acceptors (Lipinski definition) is 3. The molecule has 0 fully saturated rings. The molecular weight excluding hydrogens is 254 g/mol. The number of carbonyl (C=O) groups excluding carboxylic acids is 2. The van der Waals surface area contributed by atoms with E-state index < -0.39 is 6.04 Å². The van der Waals surface area contributed by atoms with Crippen molar-refractivity contribution in [2.45, 2.75) is 18.9 Å². The van der Waals surface area contributed by atoms with Gasteiger partial charge in [0.15, 0.2) is 0 Å². The van der Waals surface area contributed by atoms with E-state index in [9.17, 15) is 9.59 Å². The molecule has 5 nitrogen and oxygen atoms in total. The number of benzene rings is 1. The molecule has 2 N–H and O–H groups in total. The summed E-state index contributed by atoms with van der Waals surface area (Å²) >= 11 is 0. The van der Waals surface area contributed by atoms with Crippen molar-refractivity contribution < 1.29 is 9.59 Å². The Morgan fingerprint density at radius 1 is 1.20 bits per heavy atom. The Kier molecular flexibility index (Phi) is 6.73. The maximum atomic E-state index is 12.2. The highest BCUT2D eigenvalue weighted by Gasteiger charge is 2.22. The summed E-state index contributed by atoms with van der Waals surface area (Å²) in [6.45, 7) is 0.597. The van der Waals surface area contributed by atoms with Gasteiger partial charge in [-0.25, -0.2) is 0 Å². The van der Waals surface area contributed by atoms with Crippen LogP contribution in [0.3, 0.4) is 0 Å². The Balaban J connectivity index is 2.70. The number of hydrogen-bond donors (Lipinski definition) is 2. The third kappa shape index (κ3) is 5.40. The lowest BCUT2D eigenvalue weighted by Crippen LogP contribution is -2.47. The minimum Gasteiger partial charge on any atom is -0.347 e. The highest BCUT2D eigenvalue weighted by Crippen LogP contribution is 2.05. The summed E-state index contributed by atoms with van der Waals surface area (Å²) in [4.78, 5) is 25.5. The van der Waals surface area contributed by atoms with Crippen molar-refractivity contribution in [3.63, 3.8) is 0 Å². The summed E-state index contributed by atoms with van der Waals surface area (Å²) in [6, 6.07) is 9.17. The molecule has 1 aromatic carbocycles. The molecule has 0 aromatic heterocycles. The first kappa shape index (κ1) is 16.2. The van der Waals surface area contributed by atoms with Crippen LogP contribution >= 0.6 is 0 Å². The van der Waals surface area contributed by atoms with E-state index >= 15 is 0 Å². The molecule has 0 saturated carbocycles. The van der Waals surface area contributed by atoms with E-state index in [2.05, 4.69) is 10.6 Å². The average Bonchev–Trinajstić information content (AvgIpc) is 2.44. The lowest BCUT2D eigenvalue weighted by atomic mass is 10.0. The van der Waals surface area contributed by atoms with Gasteiger partial charge in [-0.15, -0.1) is 0 Å². The molecule has 0 aliphatic carbocycles. The van der Waals surface area contributed by atoms with Crippen molar-refractivity contribution in [1.29, 1.82) is 0 Å². The van der Waals surface area contributed by atoms with Gasteiger partial charge < -0.3 is 15.5 Å². The summed E-state index contributed by atoms with van der Waals surface area (Å²) in [5, 5.41) is 5.73. The Morgan fingerprint density at radius 3 is 2.40 bits per heavy atom. The minimum atomic E-state index is -0.517. The van der Waals surface area contributed by atoms with E-state index in [0.717, 1.165) is 5.56 Å². The van der Waals surface area contributed by atoms with Gasteiger partial charge in [0.1, 0.15) is 6.04 Å². The van der Waals surface area contributed by atoms with Crippen molar-refractivity contribution in [1.82, 2.24) is 15.5 Å². The first-order chi connectivity index (χ1) is 9.54. The molecule has 1 rings (SSSR count). The van der Waals surface area contributed by atoms with Crippen molar-refractivity contribution in [2.75, 3.05) is 27.7 Å². The van der Waals surface area contributed by atoms with E-state index in [1.54, 1.807) is 21.1 Å². The molecule has 0 radical (unpaired) electrons. The number of nitrogens with one attached hydrogen (secondary N) is 2. The van der Waals surface area contributed by atoms with Crippen LogP contribution in [0, 0.1) is 0 Å². The SMILES string of the molecule is CNCCC(=O)NC(Cc1ccccc1)C(=O)N(C)C. The highest BCUT2D eigenvalue weighted by molar-refractivity contribution is 5.87. The van der Waals surface area contributed by atoms with Crippen LogP contribution in [0.2, 0.25) is 0 Å². The standard InChI is InChI=1S/C15H23N3O2/c1-16-10-9-14(19)17-13(15(20)18(2)3)11-12-7-5-4-6-8-12/h4-8,13,16H,9-11H2,1-3H3,(H,17,19). The molecule has 0 saturated heterocycles. The van der Waals surface area contributed by atoms with Gasteiger partial charge in [0.05, 0.1) is 0 Å². The zero-order chi connectivity index (χ0) is 15.0. The normalized spacial score (nSPS) is 11.8. The zero-order valence-electron chi connectivity index (χ0n) is 12.3. The van der Waals surface area contributed by atoms with Crippen molar-refractivity contribution >= 4 is 11.8 Å². The third-order valence-corrected chi connectivity index (χ3v) is 2.96. The molecular formula is C15H23N3O2. The van der Waals surface area contributed by atoms with E-state index in [4.69, 9.17) is 0 Å². The largest absolute Gasteiger partial charge is 0.347 e. The second-order valence-electron chi connectivity index (χ2n) is 4.90. The molecule has 1 aromatic rings. The van der Waals surface area contributed by atoms with Gasteiger partial charge in [0, 0.05) is 33.5 Å². The van der Waals surface area contributed by atoms with Crippen LogP contribution in [0.5, 0.6) is 0 Å². The summed E-state index contributed by atoms with van der Waals surface area (Å²) in [7, 11) is 5.18. The average molecular weight is 277 g/mol. The fourth-order valence-corrected chi connectivity index (χ4v) is 1.87. The summed E-state index contributed by atoms with van der Waals surface area (Å²) in [5.41, 5.74) is 1.03. The topological polar surface area (TPSA) is 61.4 Å². The van der Waals surface area contributed by atoms with Gasteiger partial charge in [-0.05, 0) is 12.6 Å². The van der Waals surface area contributed by atoms with Gasteiger partial charge >= 0.3 is 0 Å². The van der Waals surface area contributed by atoms with Crippen LogP contribution in [0.4, 0.5) is 0 Å². The predicted molar refractivity (Wildman–Crippen MR) is 79.3 cm³/mol. The lowest BCUT2D eigenvalue weighted by Gasteiger charge is -2.22.